The number of benzene rings is 2. The molecule has 0 saturated heterocycles. The molecule has 0 aliphatic heterocycles. The molecule has 138 valence electrons. The van der Waals surface area contributed by atoms with Gasteiger partial charge in [-0.05, 0) is 50.6 Å². The first-order valence-corrected chi connectivity index (χ1v) is 8.86. The van der Waals surface area contributed by atoms with E-state index in [9.17, 15) is 9.59 Å². The van der Waals surface area contributed by atoms with E-state index >= 15 is 0 Å². The number of para-hydroxylation sites is 2. The molecular formula is C21H27N3O2. The van der Waals surface area contributed by atoms with Crippen LogP contribution in [0, 0.1) is 6.92 Å². The normalized spacial score (nSPS) is 11.9. The van der Waals surface area contributed by atoms with E-state index in [4.69, 9.17) is 0 Å². The monoisotopic (exact) mass is 353 g/mol. The van der Waals surface area contributed by atoms with Crippen molar-refractivity contribution in [2.24, 2.45) is 0 Å². The third-order valence-electron chi connectivity index (χ3n) is 4.51. The van der Waals surface area contributed by atoms with Crippen molar-refractivity contribution in [1.82, 2.24) is 4.90 Å². The summed E-state index contributed by atoms with van der Waals surface area (Å²) in [6, 6.07) is 14.9. The van der Waals surface area contributed by atoms with Gasteiger partial charge in [-0.1, -0.05) is 43.3 Å². The highest BCUT2D eigenvalue weighted by Crippen LogP contribution is 2.16. The Morgan fingerprint density at radius 2 is 1.62 bits per heavy atom. The zero-order chi connectivity index (χ0) is 19.1. The number of carbonyl (C=O) groups is 2. The molecule has 1 atom stereocenters. The van der Waals surface area contributed by atoms with Crippen LogP contribution in [0.1, 0.15) is 25.0 Å². The summed E-state index contributed by atoms with van der Waals surface area (Å²) in [6.45, 7) is 5.93. The molecule has 1 unspecified atom stereocenters. The lowest BCUT2D eigenvalue weighted by Gasteiger charge is -2.24. The molecule has 0 heterocycles. The number of amides is 2. The van der Waals surface area contributed by atoms with Crippen LogP contribution in [0.25, 0.3) is 0 Å². The average molecular weight is 353 g/mol. The highest BCUT2D eigenvalue weighted by atomic mass is 16.2. The smallest absolute Gasteiger partial charge is 0.241 e. The first-order valence-electron chi connectivity index (χ1n) is 8.86. The zero-order valence-corrected chi connectivity index (χ0v) is 15.9. The number of hydrogen-bond acceptors (Lipinski definition) is 3. The van der Waals surface area contributed by atoms with Crippen molar-refractivity contribution in [1.29, 1.82) is 0 Å². The molecule has 0 spiro atoms. The van der Waals surface area contributed by atoms with Gasteiger partial charge in [-0.3, -0.25) is 14.5 Å². The second-order valence-corrected chi connectivity index (χ2v) is 6.45. The lowest BCUT2D eigenvalue weighted by atomic mass is 10.1. The Labute approximate surface area is 155 Å². The SMILES string of the molecule is CCc1ccccc1NC(=O)CN(C)C(C)C(=O)Nc1ccccc1C. The van der Waals surface area contributed by atoms with E-state index in [1.54, 1.807) is 18.9 Å². The zero-order valence-electron chi connectivity index (χ0n) is 15.9. The molecule has 2 aromatic rings. The molecule has 0 bridgehead atoms. The summed E-state index contributed by atoms with van der Waals surface area (Å²) in [6.07, 6.45) is 0.849. The molecule has 26 heavy (non-hydrogen) atoms. The van der Waals surface area contributed by atoms with Crippen LogP contribution in [0.5, 0.6) is 0 Å². The Hall–Kier alpha value is -2.66. The van der Waals surface area contributed by atoms with Crippen LogP contribution in [0.4, 0.5) is 11.4 Å². The van der Waals surface area contributed by atoms with Gasteiger partial charge >= 0.3 is 0 Å². The number of aryl methyl sites for hydroxylation is 2. The third-order valence-corrected chi connectivity index (χ3v) is 4.51. The van der Waals surface area contributed by atoms with Crippen molar-refractivity contribution in [3.8, 4) is 0 Å². The number of rotatable bonds is 7. The fourth-order valence-corrected chi connectivity index (χ4v) is 2.65. The number of likely N-dealkylation sites (N-methyl/N-ethyl adjacent to an activating group) is 1. The van der Waals surface area contributed by atoms with Crippen LogP contribution >= 0.6 is 0 Å². The number of anilines is 2. The second-order valence-electron chi connectivity index (χ2n) is 6.45. The van der Waals surface area contributed by atoms with Crippen molar-refractivity contribution in [3.63, 3.8) is 0 Å². The Bertz CT molecular complexity index is 773. The van der Waals surface area contributed by atoms with Crippen molar-refractivity contribution < 1.29 is 9.59 Å². The summed E-state index contributed by atoms with van der Waals surface area (Å²) < 4.78 is 0. The molecule has 2 aromatic carbocycles. The van der Waals surface area contributed by atoms with Crippen molar-refractivity contribution in [3.05, 3.63) is 59.7 Å². The largest absolute Gasteiger partial charge is 0.325 e. The molecule has 2 N–H and O–H groups in total. The standard InChI is InChI=1S/C21H27N3O2/c1-5-17-11-7-9-13-19(17)22-20(25)14-24(4)16(3)21(26)23-18-12-8-6-10-15(18)2/h6-13,16H,5,14H2,1-4H3,(H,22,25)(H,23,26). The number of carbonyl (C=O) groups excluding carboxylic acids is 2. The van der Waals surface area contributed by atoms with Crippen molar-refractivity contribution >= 4 is 23.2 Å². The summed E-state index contributed by atoms with van der Waals surface area (Å²) in [4.78, 5) is 26.5. The predicted octanol–water partition coefficient (Wildman–Crippen LogP) is 3.45. The molecule has 2 amide bonds. The van der Waals surface area contributed by atoms with Gasteiger partial charge in [-0.2, -0.15) is 0 Å². The number of nitrogens with one attached hydrogen (secondary N) is 2. The maximum atomic E-state index is 12.5. The van der Waals surface area contributed by atoms with E-state index in [2.05, 4.69) is 17.6 Å². The van der Waals surface area contributed by atoms with Gasteiger partial charge in [-0.15, -0.1) is 0 Å². The van der Waals surface area contributed by atoms with Crippen LogP contribution in [0.2, 0.25) is 0 Å². The van der Waals surface area contributed by atoms with E-state index in [-0.39, 0.29) is 18.4 Å². The predicted molar refractivity (Wildman–Crippen MR) is 106 cm³/mol. The Morgan fingerprint density at radius 1 is 1.00 bits per heavy atom. The minimum Gasteiger partial charge on any atom is -0.325 e. The van der Waals surface area contributed by atoms with Gasteiger partial charge in [0.25, 0.3) is 0 Å². The van der Waals surface area contributed by atoms with E-state index in [0.717, 1.165) is 28.9 Å². The molecule has 5 heteroatoms. The fourth-order valence-electron chi connectivity index (χ4n) is 2.65. The van der Waals surface area contributed by atoms with E-state index < -0.39 is 6.04 Å². The van der Waals surface area contributed by atoms with Gasteiger partial charge in [0, 0.05) is 11.4 Å². The highest BCUT2D eigenvalue weighted by Gasteiger charge is 2.21. The molecule has 0 saturated carbocycles. The van der Waals surface area contributed by atoms with Crippen molar-refractivity contribution in [2.45, 2.75) is 33.2 Å². The summed E-state index contributed by atoms with van der Waals surface area (Å²) in [5.41, 5.74) is 3.71. The molecule has 0 fully saturated rings. The van der Waals surface area contributed by atoms with E-state index in [1.165, 1.54) is 0 Å². The lowest BCUT2D eigenvalue weighted by molar-refractivity contribution is -0.122. The number of hydrogen-bond donors (Lipinski definition) is 2. The molecule has 0 aromatic heterocycles. The van der Waals surface area contributed by atoms with Gasteiger partial charge in [0.2, 0.25) is 11.8 Å². The maximum Gasteiger partial charge on any atom is 0.241 e. The summed E-state index contributed by atoms with van der Waals surface area (Å²) in [7, 11) is 1.77. The minimum atomic E-state index is -0.429. The van der Waals surface area contributed by atoms with Crippen molar-refractivity contribution in [2.75, 3.05) is 24.2 Å². The average Bonchev–Trinajstić information content (AvgIpc) is 2.63. The fraction of sp³-hybridized carbons (Fsp3) is 0.333. The van der Waals surface area contributed by atoms with Gasteiger partial charge in [0.15, 0.2) is 0 Å². The summed E-state index contributed by atoms with van der Waals surface area (Å²) in [5, 5.41) is 5.85. The summed E-state index contributed by atoms with van der Waals surface area (Å²) >= 11 is 0. The van der Waals surface area contributed by atoms with Gasteiger partial charge in [-0.25, -0.2) is 0 Å². The maximum absolute atomic E-state index is 12.5. The molecule has 5 nitrogen and oxygen atoms in total. The molecular weight excluding hydrogens is 326 g/mol. The lowest BCUT2D eigenvalue weighted by Crippen LogP contribution is -2.43. The first kappa shape index (κ1) is 19.7. The Balaban J connectivity index is 1.93. The minimum absolute atomic E-state index is 0.135. The van der Waals surface area contributed by atoms with Crippen LogP contribution < -0.4 is 10.6 Å². The Morgan fingerprint density at radius 3 is 2.27 bits per heavy atom. The van der Waals surface area contributed by atoms with Crippen LogP contribution in [0.3, 0.4) is 0 Å². The highest BCUT2D eigenvalue weighted by molar-refractivity contribution is 5.96. The topological polar surface area (TPSA) is 61.4 Å². The number of nitrogens with zero attached hydrogens (tertiary/aromatic N) is 1. The van der Waals surface area contributed by atoms with Gasteiger partial charge in [0.1, 0.15) is 0 Å². The van der Waals surface area contributed by atoms with Crippen LogP contribution in [-0.4, -0.2) is 36.3 Å². The molecule has 0 aliphatic rings. The molecule has 0 aliphatic carbocycles. The van der Waals surface area contributed by atoms with E-state index in [1.807, 2.05) is 55.5 Å². The Kier molecular flexibility index (Phi) is 6.92. The molecule has 0 radical (unpaired) electrons. The van der Waals surface area contributed by atoms with Gasteiger partial charge < -0.3 is 10.6 Å². The van der Waals surface area contributed by atoms with Gasteiger partial charge in [0.05, 0.1) is 12.6 Å². The summed E-state index contributed by atoms with van der Waals surface area (Å²) in [5.74, 6) is -0.271. The van der Waals surface area contributed by atoms with Crippen LogP contribution in [-0.2, 0) is 16.0 Å². The van der Waals surface area contributed by atoms with E-state index in [0.29, 0.717) is 0 Å². The third kappa shape index (κ3) is 5.17. The van der Waals surface area contributed by atoms with Crippen LogP contribution in [0.15, 0.2) is 48.5 Å². The quantitative estimate of drug-likeness (QED) is 0.801. The first-order chi connectivity index (χ1) is 12.4. The molecule has 2 rings (SSSR count). The second kappa shape index (κ2) is 9.15.